The van der Waals surface area contributed by atoms with Crippen molar-refractivity contribution in [1.82, 2.24) is 10.3 Å². The van der Waals surface area contributed by atoms with Gasteiger partial charge in [-0.3, -0.25) is 9.79 Å². The fraction of sp³-hybridized carbons (Fsp3) is 0.0800. The van der Waals surface area contributed by atoms with Crippen molar-refractivity contribution in [1.29, 1.82) is 0 Å². The van der Waals surface area contributed by atoms with Crippen LogP contribution in [-0.4, -0.2) is 37.5 Å². The largest absolute Gasteiger partial charge is 0.394 e. The minimum atomic E-state index is -0.272. The van der Waals surface area contributed by atoms with Crippen molar-refractivity contribution in [3.63, 3.8) is 0 Å². The Morgan fingerprint density at radius 1 is 1.06 bits per heavy atom. The SMILES string of the molecule is C=CC(=O)Nc1cccc(NC(=NC)c2cc(-c3cccc(/C=C\NC)c3)[nH]c2N=C)c1. The number of hydrogen-bond acceptors (Lipinski definition) is 4. The highest BCUT2D eigenvalue weighted by Gasteiger charge is 2.15. The minimum absolute atomic E-state index is 0.272. The van der Waals surface area contributed by atoms with E-state index in [-0.39, 0.29) is 5.91 Å². The Balaban J connectivity index is 1.90. The summed E-state index contributed by atoms with van der Waals surface area (Å²) in [4.78, 5) is 23.5. The number of hydrogen-bond donors (Lipinski definition) is 4. The molecule has 0 aliphatic heterocycles. The molecular formula is C25H26N6O. The molecule has 0 spiro atoms. The van der Waals surface area contributed by atoms with Gasteiger partial charge >= 0.3 is 0 Å². The number of aromatic nitrogens is 1. The molecule has 1 aromatic heterocycles. The van der Waals surface area contributed by atoms with Gasteiger partial charge in [-0.25, -0.2) is 4.99 Å². The Bertz CT molecular complexity index is 1190. The molecule has 0 atom stereocenters. The minimum Gasteiger partial charge on any atom is -0.394 e. The quantitative estimate of drug-likeness (QED) is 0.236. The van der Waals surface area contributed by atoms with Crippen LogP contribution in [0.2, 0.25) is 0 Å². The summed E-state index contributed by atoms with van der Waals surface area (Å²) in [6, 6.07) is 17.5. The number of aliphatic imine (C=N–C) groups is 2. The average Bonchev–Trinajstić information content (AvgIpc) is 3.26. The highest BCUT2D eigenvalue weighted by molar-refractivity contribution is 6.12. The molecule has 0 fully saturated rings. The Morgan fingerprint density at radius 3 is 2.50 bits per heavy atom. The number of rotatable bonds is 8. The van der Waals surface area contributed by atoms with E-state index in [0.29, 0.717) is 17.3 Å². The molecule has 162 valence electrons. The summed E-state index contributed by atoms with van der Waals surface area (Å²) in [5, 5.41) is 9.05. The molecule has 4 N–H and O–H groups in total. The molecule has 0 saturated carbocycles. The van der Waals surface area contributed by atoms with Gasteiger partial charge in [0.1, 0.15) is 11.7 Å². The van der Waals surface area contributed by atoms with Crippen molar-refractivity contribution in [2.45, 2.75) is 0 Å². The van der Waals surface area contributed by atoms with E-state index in [4.69, 9.17) is 0 Å². The molecule has 3 aromatic rings. The molecule has 0 saturated heterocycles. The van der Waals surface area contributed by atoms with Gasteiger partial charge in [0, 0.05) is 31.2 Å². The lowest BCUT2D eigenvalue weighted by Gasteiger charge is -2.11. The van der Waals surface area contributed by atoms with E-state index in [9.17, 15) is 4.79 Å². The Hall–Kier alpha value is -4.39. The maximum atomic E-state index is 11.6. The first-order chi connectivity index (χ1) is 15.6. The zero-order valence-corrected chi connectivity index (χ0v) is 18.1. The third-order valence-corrected chi connectivity index (χ3v) is 4.65. The summed E-state index contributed by atoms with van der Waals surface area (Å²) >= 11 is 0. The van der Waals surface area contributed by atoms with Crippen LogP contribution >= 0.6 is 0 Å². The third-order valence-electron chi connectivity index (χ3n) is 4.65. The van der Waals surface area contributed by atoms with E-state index in [2.05, 4.69) is 50.3 Å². The van der Waals surface area contributed by atoms with E-state index in [0.717, 1.165) is 28.1 Å². The predicted molar refractivity (Wildman–Crippen MR) is 135 cm³/mol. The molecule has 7 heteroatoms. The van der Waals surface area contributed by atoms with Crippen LogP contribution in [0.1, 0.15) is 11.1 Å². The zero-order chi connectivity index (χ0) is 22.9. The van der Waals surface area contributed by atoms with E-state index in [1.165, 1.54) is 6.08 Å². The molecule has 3 rings (SSSR count). The number of aromatic amines is 1. The maximum Gasteiger partial charge on any atom is 0.247 e. The maximum absolute atomic E-state index is 11.6. The molecule has 1 amide bonds. The Labute approximate surface area is 187 Å². The normalized spacial score (nSPS) is 11.2. The summed E-state index contributed by atoms with van der Waals surface area (Å²) in [6.07, 6.45) is 5.11. The molecule has 2 aromatic carbocycles. The van der Waals surface area contributed by atoms with Crippen LogP contribution in [0.15, 0.2) is 83.4 Å². The number of amides is 1. The molecule has 1 heterocycles. The molecule has 0 aliphatic rings. The fourth-order valence-corrected chi connectivity index (χ4v) is 3.14. The smallest absolute Gasteiger partial charge is 0.247 e. The zero-order valence-electron chi connectivity index (χ0n) is 18.1. The molecule has 0 bridgehead atoms. The number of carbonyl (C=O) groups is 1. The molecule has 0 radical (unpaired) electrons. The van der Waals surface area contributed by atoms with Gasteiger partial charge in [-0.15, -0.1) is 0 Å². The number of carbonyl (C=O) groups excluding carboxylic acids is 1. The second-order valence-electron chi connectivity index (χ2n) is 6.82. The van der Waals surface area contributed by atoms with Crippen LogP contribution in [0, 0.1) is 0 Å². The van der Waals surface area contributed by atoms with Crippen molar-refractivity contribution < 1.29 is 4.79 Å². The van der Waals surface area contributed by atoms with Gasteiger partial charge in [-0.2, -0.15) is 0 Å². The predicted octanol–water partition coefficient (Wildman–Crippen LogP) is 4.82. The van der Waals surface area contributed by atoms with E-state index in [1.807, 2.05) is 61.8 Å². The number of amidine groups is 1. The van der Waals surface area contributed by atoms with Gasteiger partial charge in [0.2, 0.25) is 5.91 Å². The monoisotopic (exact) mass is 426 g/mol. The van der Waals surface area contributed by atoms with Crippen molar-refractivity contribution >= 4 is 41.7 Å². The highest BCUT2D eigenvalue weighted by Crippen LogP contribution is 2.29. The average molecular weight is 427 g/mol. The van der Waals surface area contributed by atoms with Crippen LogP contribution in [-0.2, 0) is 4.79 Å². The van der Waals surface area contributed by atoms with E-state index < -0.39 is 0 Å². The lowest BCUT2D eigenvalue weighted by atomic mass is 10.1. The van der Waals surface area contributed by atoms with Crippen molar-refractivity contribution in [3.05, 3.63) is 84.6 Å². The van der Waals surface area contributed by atoms with Gasteiger partial charge in [-0.05, 0) is 66.5 Å². The molecular weight excluding hydrogens is 400 g/mol. The fourth-order valence-electron chi connectivity index (χ4n) is 3.14. The van der Waals surface area contributed by atoms with E-state index >= 15 is 0 Å². The second kappa shape index (κ2) is 10.6. The van der Waals surface area contributed by atoms with Gasteiger partial charge < -0.3 is 20.9 Å². The standard InChI is InChI=1S/C25H26N6O/c1-5-23(32)29-19-10-7-11-20(15-19)30-24(27-3)21-16-22(31-25(21)28-4)18-9-6-8-17(14-18)12-13-26-2/h5-16,26,31H,1,4H2,2-3H3,(H,27,30)(H,29,32)/b13-12-. The van der Waals surface area contributed by atoms with Gasteiger partial charge in [0.05, 0.1) is 5.56 Å². The third kappa shape index (κ3) is 5.40. The Morgan fingerprint density at radius 2 is 1.81 bits per heavy atom. The van der Waals surface area contributed by atoms with Crippen molar-refractivity contribution in [2.24, 2.45) is 9.98 Å². The highest BCUT2D eigenvalue weighted by atomic mass is 16.1. The second-order valence-corrected chi connectivity index (χ2v) is 6.82. The van der Waals surface area contributed by atoms with Crippen LogP contribution < -0.4 is 16.0 Å². The summed E-state index contributed by atoms with van der Waals surface area (Å²) in [5.74, 6) is 0.959. The summed E-state index contributed by atoms with van der Waals surface area (Å²) in [5.41, 5.74) is 5.19. The molecule has 0 aliphatic carbocycles. The molecule has 32 heavy (non-hydrogen) atoms. The number of anilines is 2. The lowest BCUT2D eigenvalue weighted by Crippen LogP contribution is -2.13. The van der Waals surface area contributed by atoms with Crippen molar-refractivity contribution in [3.8, 4) is 11.3 Å². The number of H-pyrrole nitrogens is 1. The van der Waals surface area contributed by atoms with Crippen LogP contribution in [0.3, 0.4) is 0 Å². The van der Waals surface area contributed by atoms with Gasteiger partial charge in [0.25, 0.3) is 0 Å². The van der Waals surface area contributed by atoms with E-state index in [1.54, 1.807) is 13.1 Å². The number of nitrogens with one attached hydrogen (secondary N) is 4. The van der Waals surface area contributed by atoms with Crippen molar-refractivity contribution in [2.75, 3.05) is 24.7 Å². The Kier molecular flexibility index (Phi) is 7.37. The summed E-state index contributed by atoms with van der Waals surface area (Å²) in [7, 11) is 3.57. The summed E-state index contributed by atoms with van der Waals surface area (Å²) < 4.78 is 0. The molecule has 0 unspecified atom stereocenters. The first-order valence-corrected chi connectivity index (χ1v) is 9.99. The van der Waals surface area contributed by atoms with Gasteiger partial charge in [-0.1, -0.05) is 30.8 Å². The first-order valence-electron chi connectivity index (χ1n) is 9.99. The summed E-state index contributed by atoms with van der Waals surface area (Å²) in [6.45, 7) is 7.17. The molecule has 7 nitrogen and oxygen atoms in total. The van der Waals surface area contributed by atoms with Crippen LogP contribution in [0.4, 0.5) is 17.2 Å². The van der Waals surface area contributed by atoms with Crippen LogP contribution in [0.5, 0.6) is 0 Å². The first kappa shape index (κ1) is 22.3. The number of nitrogens with zero attached hydrogens (tertiary/aromatic N) is 2. The van der Waals surface area contributed by atoms with Crippen LogP contribution in [0.25, 0.3) is 17.3 Å². The number of benzene rings is 2. The van der Waals surface area contributed by atoms with Gasteiger partial charge in [0.15, 0.2) is 0 Å². The lowest BCUT2D eigenvalue weighted by molar-refractivity contribution is -0.111. The topological polar surface area (TPSA) is 93.7 Å².